The highest BCUT2D eigenvalue weighted by atomic mass is 16.6. The third-order valence-electron chi connectivity index (χ3n) is 2.10. The summed E-state index contributed by atoms with van der Waals surface area (Å²) in [6.07, 6.45) is 1.69. The molecule has 0 amide bonds. The van der Waals surface area contributed by atoms with Gasteiger partial charge in [-0.15, -0.1) is 4.73 Å². The lowest BCUT2D eigenvalue weighted by Crippen LogP contribution is -2.25. The van der Waals surface area contributed by atoms with Crippen molar-refractivity contribution in [2.75, 3.05) is 7.11 Å². The van der Waals surface area contributed by atoms with Gasteiger partial charge in [-0.05, 0) is 24.6 Å². The Labute approximate surface area is 80.7 Å². The van der Waals surface area contributed by atoms with Crippen LogP contribution in [0.2, 0.25) is 0 Å². The maximum absolute atomic E-state index is 11.5. The first kappa shape index (κ1) is 8.74. The minimum atomic E-state index is -0.175. The predicted molar refractivity (Wildman–Crippen MR) is 53.2 cm³/mol. The maximum Gasteiger partial charge on any atom is 0.283 e. The van der Waals surface area contributed by atoms with Gasteiger partial charge in [-0.25, -0.2) is 0 Å². The molecule has 0 spiro atoms. The zero-order valence-electron chi connectivity index (χ0n) is 8.02. The first-order chi connectivity index (χ1) is 6.74. The fourth-order valence-electron chi connectivity index (χ4n) is 1.48. The van der Waals surface area contributed by atoms with Crippen molar-refractivity contribution in [3.05, 3.63) is 40.3 Å². The van der Waals surface area contributed by atoms with Crippen LogP contribution in [0.4, 0.5) is 0 Å². The monoisotopic (exact) mass is 190 g/mol. The smallest absolute Gasteiger partial charge is 0.283 e. The van der Waals surface area contributed by atoms with Gasteiger partial charge in [0.15, 0.2) is 0 Å². The number of rotatable bonds is 1. The summed E-state index contributed by atoms with van der Waals surface area (Å²) >= 11 is 0. The molecule has 2 heterocycles. The highest BCUT2D eigenvalue weighted by Gasteiger charge is 2.05. The molecule has 0 saturated heterocycles. The van der Waals surface area contributed by atoms with E-state index in [0.717, 1.165) is 11.1 Å². The fourth-order valence-corrected chi connectivity index (χ4v) is 1.48. The van der Waals surface area contributed by atoms with E-state index in [2.05, 4.69) is 4.98 Å². The molecule has 4 nitrogen and oxygen atoms in total. The highest BCUT2D eigenvalue weighted by molar-refractivity contribution is 5.77. The first-order valence-corrected chi connectivity index (χ1v) is 4.26. The Morgan fingerprint density at radius 2 is 2.29 bits per heavy atom. The van der Waals surface area contributed by atoms with E-state index in [1.165, 1.54) is 17.9 Å². The second kappa shape index (κ2) is 3.14. The van der Waals surface area contributed by atoms with Crippen molar-refractivity contribution in [2.45, 2.75) is 6.92 Å². The Hall–Kier alpha value is -1.84. The minimum Gasteiger partial charge on any atom is -0.413 e. The molecule has 0 saturated carbocycles. The molecule has 0 aliphatic heterocycles. The van der Waals surface area contributed by atoms with Gasteiger partial charge in [0.05, 0.1) is 5.52 Å². The van der Waals surface area contributed by atoms with Crippen LogP contribution in [0.25, 0.3) is 11.0 Å². The van der Waals surface area contributed by atoms with Gasteiger partial charge in [-0.3, -0.25) is 9.78 Å². The van der Waals surface area contributed by atoms with E-state index in [-0.39, 0.29) is 5.56 Å². The summed E-state index contributed by atoms with van der Waals surface area (Å²) in [5.74, 6) is 0. The van der Waals surface area contributed by atoms with Crippen LogP contribution in [0, 0.1) is 6.92 Å². The van der Waals surface area contributed by atoms with Crippen molar-refractivity contribution >= 4 is 11.0 Å². The second-order valence-corrected chi connectivity index (χ2v) is 3.01. The van der Waals surface area contributed by atoms with Crippen LogP contribution in [0.5, 0.6) is 0 Å². The van der Waals surface area contributed by atoms with Crippen LogP contribution in [0.15, 0.2) is 29.2 Å². The van der Waals surface area contributed by atoms with E-state index in [4.69, 9.17) is 4.84 Å². The highest BCUT2D eigenvalue weighted by Crippen LogP contribution is 2.11. The van der Waals surface area contributed by atoms with Crippen LogP contribution in [-0.4, -0.2) is 16.8 Å². The van der Waals surface area contributed by atoms with E-state index in [1.54, 1.807) is 18.3 Å². The molecule has 0 bridgehead atoms. The molecule has 0 aliphatic rings. The average molecular weight is 190 g/mol. The molecule has 0 aliphatic carbocycles. The largest absolute Gasteiger partial charge is 0.413 e. The molecular formula is C10H10N2O2. The molecule has 0 atom stereocenters. The lowest BCUT2D eigenvalue weighted by molar-refractivity contribution is 0.169. The topological polar surface area (TPSA) is 44.1 Å². The molecule has 0 aromatic carbocycles. The molecule has 0 fully saturated rings. The molecule has 0 unspecified atom stereocenters. The zero-order valence-corrected chi connectivity index (χ0v) is 8.02. The number of hydrogen-bond acceptors (Lipinski definition) is 3. The van der Waals surface area contributed by atoms with Crippen LogP contribution in [0.1, 0.15) is 5.56 Å². The van der Waals surface area contributed by atoms with E-state index >= 15 is 0 Å². The molecule has 0 radical (unpaired) electrons. The Morgan fingerprint density at radius 1 is 1.50 bits per heavy atom. The number of aryl methyl sites for hydroxylation is 1. The molecular weight excluding hydrogens is 180 g/mol. The van der Waals surface area contributed by atoms with Crippen LogP contribution in [0.3, 0.4) is 0 Å². The van der Waals surface area contributed by atoms with Gasteiger partial charge in [0.2, 0.25) is 0 Å². The van der Waals surface area contributed by atoms with Gasteiger partial charge in [0.25, 0.3) is 5.56 Å². The third kappa shape index (κ3) is 1.16. The van der Waals surface area contributed by atoms with Crippen molar-refractivity contribution in [1.29, 1.82) is 0 Å². The summed E-state index contributed by atoms with van der Waals surface area (Å²) in [6, 6.07) is 5.09. The SMILES string of the molecule is COn1c(=O)cc(C)c2ncccc21. The van der Waals surface area contributed by atoms with Crippen molar-refractivity contribution in [1.82, 2.24) is 9.71 Å². The van der Waals surface area contributed by atoms with Gasteiger partial charge < -0.3 is 4.84 Å². The number of pyridine rings is 2. The van der Waals surface area contributed by atoms with Crippen molar-refractivity contribution in [2.24, 2.45) is 0 Å². The predicted octanol–water partition coefficient (Wildman–Crippen LogP) is 0.763. The van der Waals surface area contributed by atoms with Crippen molar-refractivity contribution in [3.8, 4) is 0 Å². The quantitative estimate of drug-likeness (QED) is 0.667. The Bertz CT molecular complexity index is 531. The lowest BCUT2D eigenvalue weighted by atomic mass is 10.2. The van der Waals surface area contributed by atoms with Crippen LogP contribution >= 0.6 is 0 Å². The van der Waals surface area contributed by atoms with E-state index in [1.807, 2.05) is 6.92 Å². The van der Waals surface area contributed by atoms with Gasteiger partial charge >= 0.3 is 0 Å². The Kier molecular flexibility index (Phi) is 1.96. The number of fused-ring (bicyclic) bond motifs is 1. The normalized spacial score (nSPS) is 10.4. The van der Waals surface area contributed by atoms with E-state index in [9.17, 15) is 4.79 Å². The van der Waals surface area contributed by atoms with Gasteiger partial charge in [0, 0.05) is 12.3 Å². The van der Waals surface area contributed by atoms with Crippen LogP contribution in [-0.2, 0) is 0 Å². The second-order valence-electron chi connectivity index (χ2n) is 3.01. The molecule has 2 rings (SSSR count). The van der Waals surface area contributed by atoms with Crippen LogP contribution < -0.4 is 10.4 Å². The van der Waals surface area contributed by atoms with Crippen molar-refractivity contribution in [3.63, 3.8) is 0 Å². The standard InChI is InChI=1S/C10H10N2O2/c1-7-6-9(13)12(14-2)8-4-3-5-11-10(7)8/h3-6H,1-2H3. The fraction of sp³-hybridized carbons (Fsp3) is 0.200. The molecule has 14 heavy (non-hydrogen) atoms. The maximum atomic E-state index is 11.5. The minimum absolute atomic E-state index is 0.175. The van der Waals surface area contributed by atoms with Gasteiger partial charge in [-0.1, -0.05) is 0 Å². The molecule has 4 heteroatoms. The molecule has 2 aromatic rings. The third-order valence-corrected chi connectivity index (χ3v) is 2.10. The summed E-state index contributed by atoms with van der Waals surface area (Å²) in [5.41, 5.74) is 2.17. The summed E-state index contributed by atoms with van der Waals surface area (Å²) < 4.78 is 1.23. The van der Waals surface area contributed by atoms with E-state index < -0.39 is 0 Å². The zero-order chi connectivity index (χ0) is 10.1. The Morgan fingerprint density at radius 3 is 3.00 bits per heavy atom. The lowest BCUT2D eigenvalue weighted by Gasteiger charge is -2.08. The summed E-state index contributed by atoms with van der Waals surface area (Å²) in [6.45, 7) is 1.86. The van der Waals surface area contributed by atoms with Gasteiger partial charge in [-0.2, -0.15) is 0 Å². The summed E-state index contributed by atoms with van der Waals surface area (Å²) in [4.78, 5) is 20.7. The average Bonchev–Trinajstić information content (AvgIpc) is 2.18. The number of aromatic nitrogens is 2. The van der Waals surface area contributed by atoms with Crippen molar-refractivity contribution < 1.29 is 4.84 Å². The molecule has 72 valence electrons. The molecule has 0 N–H and O–H groups in total. The first-order valence-electron chi connectivity index (χ1n) is 4.26. The molecule has 2 aromatic heterocycles. The Balaban J connectivity index is 2.98. The number of hydrogen-bond donors (Lipinski definition) is 0. The number of nitrogens with zero attached hydrogens (tertiary/aromatic N) is 2. The summed E-state index contributed by atoms with van der Waals surface area (Å²) in [5, 5.41) is 0. The summed E-state index contributed by atoms with van der Waals surface area (Å²) in [7, 11) is 1.46. The van der Waals surface area contributed by atoms with E-state index in [0.29, 0.717) is 5.52 Å². The van der Waals surface area contributed by atoms with Gasteiger partial charge in [0.1, 0.15) is 12.6 Å².